The van der Waals surface area contributed by atoms with Gasteiger partial charge in [-0.25, -0.2) is 0 Å². The van der Waals surface area contributed by atoms with Gasteiger partial charge in [-0.3, -0.25) is 24.2 Å². The third-order valence-corrected chi connectivity index (χ3v) is 7.65. The van der Waals surface area contributed by atoms with Crippen molar-refractivity contribution in [3.8, 4) is 5.75 Å². The first-order chi connectivity index (χ1) is 17.8. The molecule has 2 aromatic carbocycles. The molecule has 2 fully saturated rings. The van der Waals surface area contributed by atoms with Gasteiger partial charge in [0.25, 0.3) is 0 Å². The molecule has 0 unspecified atom stereocenters. The van der Waals surface area contributed by atoms with E-state index in [2.05, 4.69) is 17.9 Å². The summed E-state index contributed by atoms with van der Waals surface area (Å²) in [4.78, 5) is 39.1. The van der Waals surface area contributed by atoms with E-state index in [0.717, 1.165) is 35.4 Å². The number of carbonyl (C=O) groups is 3. The Balaban J connectivity index is 1.50. The van der Waals surface area contributed by atoms with Crippen LogP contribution in [0.3, 0.4) is 0 Å². The van der Waals surface area contributed by atoms with Crippen LogP contribution < -0.4 is 4.74 Å². The number of benzene rings is 2. The highest BCUT2D eigenvalue weighted by molar-refractivity contribution is 6.30. The van der Waals surface area contributed by atoms with Crippen LogP contribution in [0.4, 0.5) is 0 Å². The molecule has 2 aromatic rings. The average Bonchev–Trinajstić information content (AvgIpc) is 3.17. The summed E-state index contributed by atoms with van der Waals surface area (Å²) in [7, 11) is 0. The number of carboxylic acid groups (broad SMARTS) is 1. The second-order valence-electron chi connectivity index (χ2n) is 9.97. The summed E-state index contributed by atoms with van der Waals surface area (Å²) >= 11 is 6.11. The van der Waals surface area contributed by atoms with Gasteiger partial charge in [0.05, 0.1) is 13.0 Å². The Kier molecular flexibility index (Phi) is 9.22. The van der Waals surface area contributed by atoms with Gasteiger partial charge in [0.2, 0.25) is 11.8 Å². The highest BCUT2D eigenvalue weighted by Gasteiger charge is 2.29. The lowest BCUT2D eigenvalue weighted by atomic mass is 9.84. The molecule has 198 valence electrons. The fourth-order valence-corrected chi connectivity index (χ4v) is 5.25. The molecule has 37 heavy (non-hydrogen) atoms. The first-order valence-electron chi connectivity index (χ1n) is 13.1. The number of rotatable bonds is 13. The molecule has 1 saturated carbocycles. The van der Waals surface area contributed by atoms with Crippen molar-refractivity contribution >= 4 is 29.4 Å². The van der Waals surface area contributed by atoms with E-state index < -0.39 is 5.97 Å². The number of halogens is 1. The van der Waals surface area contributed by atoms with Gasteiger partial charge in [-0.05, 0) is 60.1 Å². The smallest absolute Gasteiger partial charge is 0.305 e. The number of imide groups is 1. The Hall–Kier alpha value is -2.90. The van der Waals surface area contributed by atoms with Crippen molar-refractivity contribution < 1.29 is 24.2 Å². The molecule has 1 heterocycles. The molecular formula is C29H35ClN2O5. The van der Waals surface area contributed by atoms with Crippen molar-refractivity contribution in [3.63, 3.8) is 0 Å². The van der Waals surface area contributed by atoms with E-state index in [9.17, 15) is 19.5 Å². The number of carbonyl (C=O) groups excluding carboxylic acids is 2. The first-order valence-corrected chi connectivity index (χ1v) is 13.5. The molecule has 0 aromatic heterocycles. The molecule has 0 bridgehead atoms. The molecule has 0 radical (unpaired) electrons. The predicted octanol–water partition coefficient (Wildman–Crippen LogP) is 5.25. The minimum absolute atomic E-state index is 0.0180. The maximum absolute atomic E-state index is 11.8. The minimum Gasteiger partial charge on any atom is -0.491 e. The maximum atomic E-state index is 11.8. The van der Waals surface area contributed by atoms with Crippen LogP contribution in [0.25, 0.3) is 0 Å². The molecule has 2 amide bonds. The molecule has 1 saturated heterocycles. The monoisotopic (exact) mass is 526 g/mol. The standard InChI is InChI=1S/C29H35ClN2O5/c1-2-22-16-21(6-11-26(22)37-15-14-32-27(33)12-13-28(32)34)19-31(18-20-4-3-5-20)25(17-29(35)36)23-7-9-24(30)10-8-23/h6-11,16,20,25H,2-5,12-15,17-19H2,1H3,(H,35,36)/t25-/m0/s1. The summed E-state index contributed by atoms with van der Waals surface area (Å²) in [5, 5.41) is 10.3. The second kappa shape index (κ2) is 12.6. The highest BCUT2D eigenvalue weighted by Crippen LogP contribution is 2.34. The average molecular weight is 527 g/mol. The van der Waals surface area contributed by atoms with Crippen LogP contribution in [-0.2, 0) is 27.3 Å². The van der Waals surface area contributed by atoms with E-state index in [1.54, 1.807) is 0 Å². The van der Waals surface area contributed by atoms with Crippen LogP contribution in [0.5, 0.6) is 5.75 Å². The molecule has 0 spiro atoms. The van der Waals surface area contributed by atoms with E-state index in [1.807, 2.05) is 36.4 Å². The lowest BCUT2D eigenvalue weighted by Gasteiger charge is -2.37. The molecule has 8 heteroatoms. The van der Waals surface area contributed by atoms with Gasteiger partial charge < -0.3 is 9.84 Å². The van der Waals surface area contributed by atoms with Gasteiger partial charge >= 0.3 is 5.97 Å². The summed E-state index contributed by atoms with van der Waals surface area (Å²) in [5.41, 5.74) is 3.09. The van der Waals surface area contributed by atoms with Crippen LogP contribution in [0.2, 0.25) is 5.02 Å². The number of aliphatic carboxylic acids is 1. The molecule has 1 aliphatic carbocycles. The number of likely N-dealkylation sites (tertiary alicyclic amines) is 1. The summed E-state index contributed by atoms with van der Waals surface area (Å²) < 4.78 is 5.97. The summed E-state index contributed by atoms with van der Waals surface area (Å²) in [6, 6.07) is 13.3. The quantitative estimate of drug-likeness (QED) is 0.359. The van der Waals surface area contributed by atoms with Crippen molar-refractivity contribution in [1.29, 1.82) is 0 Å². The van der Waals surface area contributed by atoms with E-state index in [-0.39, 0.29) is 50.3 Å². The van der Waals surface area contributed by atoms with Crippen molar-refractivity contribution in [2.75, 3.05) is 19.7 Å². The molecule has 1 atom stereocenters. The molecular weight excluding hydrogens is 492 g/mol. The van der Waals surface area contributed by atoms with Crippen molar-refractivity contribution in [3.05, 3.63) is 64.2 Å². The van der Waals surface area contributed by atoms with E-state index in [1.165, 1.54) is 24.2 Å². The number of amides is 2. The van der Waals surface area contributed by atoms with E-state index in [0.29, 0.717) is 17.5 Å². The minimum atomic E-state index is -0.827. The fourth-order valence-electron chi connectivity index (χ4n) is 5.12. The Labute approximate surface area is 223 Å². The molecule has 1 N–H and O–H groups in total. The highest BCUT2D eigenvalue weighted by atomic mass is 35.5. The maximum Gasteiger partial charge on any atom is 0.305 e. The number of hydrogen-bond donors (Lipinski definition) is 1. The van der Waals surface area contributed by atoms with Crippen LogP contribution in [0.1, 0.15) is 68.2 Å². The van der Waals surface area contributed by atoms with Gasteiger partial charge in [0.1, 0.15) is 12.4 Å². The largest absolute Gasteiger partial charge is 0.491 e. The fraction of sp³-hybridized carbons (Fsp3) is 0.483. The molecule has 2 aliphatic rings. The normalized spacial score (nSPS) is 16.8. The number of hydrogen-bond acceptors (Lipinski definition) is 5. The lowest BCUT2D eigenvalue weighted by molar-refractivity contribution is -0.140. The predicted molar refractivity (Wildman–Crippen MR) is 141 cm³/mol. The third kappa shape index (κ3) is 7.11. The topological polar surface area (TPSA) is 87.2 Å². The SMILES string of the molecule is CCc1cc(CN(CC2CCC2)[C@@H](CC(=O)O)c2ccc(Cl)cc2)ccc1OCCN1C(=O)CCC1=O. The van der Waals surface area contributed by atoms with Crippen molar-refractivity contribution in [2.24, 2.45) is 5.92 Å². The van der Waals surface area contributed by atoms with Gasteiger partial charge in [-0.1, -0.05) is 49.2 Å². The zero-order valence-corrected chi connectivity index (χ0v) is 22.1. The van der Waals surface area contributed by atoms with Gasteiger partial charge in [0.15, 0.2) is 0 Å². The summed E-state index contributed by atoms with van der Waals surface area (Å²) in [6.45, 7) is 4.05. The Morgan fingerprint density at radius 2 is 1.84 bits per heavy atom. The van der Waals surface area contributed by atoms with Gasteiger partial charge in [0, 0.05) is 37.0 Å². The van der Waals surface area contributed by atoms with Crippen LogP contribution >= 0.6 is 11.6 Å². The number of carboxylic acids is 1. The summed E-state index contributed by atoms with van der Waals surface area (Å²) in [6.07, 6.45) is 4.92. The Morgan fingerprint density at radius 3 is 2.43 bits per heavy atom. The van der Waals surface area contributed by atoms with Crippen LogP contribution in [0.15, 0.2) is 42.5 Å². The van der Waals surface area contributed by atoms with Gasteiger partial charge in [-0.2, -0.15) is 0 Å². The van der Waals surface area contributed by atoms with Crippen molar-refractivity contribution in [1.82, 2.24) is 9.80 Å². The summed E-state index contributed by atoms with van der Waals surface area (Å²) in [5.74, 6) is 0.223. The Bertz CT molecular complexity index is 1100. The van der Waals surface area contributed by atoms with Gasteiger partial charge in [-0.15, -0.1) is 0 Å². The number of aryl methyl sites for hydroxylation is 1. The second-order valence-corrected chi connectivity index (χ2v) is 10.4. The molecule has 4 rings (SSSR count). The van der Waals surface area contributed by atoms with Crippen molar-refractivity contribution in [2.45, 2.75) is 64.5 Å². The first kappa shape index (κ1) is 27.1. The lowest BCUT2D eigenvalue weighted by Crippen LogP contribution is -2.36. The number of nitrogens with zero attached hydrogens (tertiary/aromatic N) is 2. The van der Waals surface area contributed by atoms with E-state index >= 15 is 0 Å². The molecule has 1 aliphatic heterocycles. The molecule has 7 nitrogen and oxygen atoms in total. The van der Waals surface area contributed by atoms with E-state index in [4.69, 9.17) is 16.3 Å². The zero-order chi connectivity index (χ0) is 26.4. The van der Waals surface area contributed by atoms with Crippen LogP contribution in [-0.4, -0.2) is 52.4 Å². The number of ether oxygens (including phenoxy) is 1. The Morgan fingerprint density at radius 1 is 1.14 bits per heavy atom. The zero-order valence-electron chi connectivity index (χ0n) is 21.3. The third-order valence-electron chi connectivity index (χ3n) is 7.40. The van der Waals surface area contributed by atoms with Crippen LogP contribution in [0, 0.1) is 5.92 Å².